The van der Waals surface area contributed by atoms with Crippen LogP contribution in [0.25, 0.3) is 0 Å². The van der Waals surface area contributed by atoms with Crippen LogP contribution in [-0.2, 0) is 10.0 Å². The molecule has 2 rings (SSSR count). The Labute approximate surface area is 130 Å². The minimum Gasteiger partial charge on any atom is -0.388 e. The standard InChI is InChI=1S/C12H10BrN3O2S2/c13-8-3-5-9(6-4-8)16-20(17,18)10-2-1-7-15-11(10)12(14)19/h1-7,16H,(H2,14,19). The number of nitrogens with zero attached hydrogens (tertiary/aromatic N) is 1. The average molecular weight is 372 g/mol. The van der Waals surface area contributed by atoms with E-state index in [1.807, 2.05) is 0 Å². The summed E-state index contributed by atoms with van der Waals surface area (Å²) in [7, 11) is -3.80. The minimum absolute atomic E-state index is 0.0459. The van der Waals surface area contributed by atoms with Crippen molar-refractivity contribution in [3.63, 3.8) is 0 Å². The lowest BCUT2D eigenvalue weighted by atomic mass is 10.3. The summed E-state index contributed by atoms with van der Waals surface area (Å²) in [5.74, 6) is 0. The molecular formula is C12H10BrN3O2S2. The third-order valence-corrected chi connectivity index (χ3v) is 4.52. The van der Waals surface area contributed by atoms with Crippen LogP contribution in [0.2, 0.25) is 0 Å². The third-order valence-electron chi connectivity index (χ3n) is 2.39. The van der Waals surface area contributed by atoms with Crippen LogP contribution in [-0.4, -0.2) is 18.4 Å². The smallest absolute Gasteiger partial charge is 0.264 e. The van der Waals surface area contributed by atoms with Gasteiger partial charge in [-0.1, -0.05) is 28.1 Å². The van der Waals surface area contributed by atoms with E-state index in [2.05, 4.69) is 25.6 Å². The summed E-state index contributed by atoms with van der Waals surface area (Å²) in [6.45, 7) is 0. The van der Waals surface area contributed by atoms with E-state index in [-0.39, 0.29) is 15.6 Å². The van der Waals surface area contributed by atoms with E-state index < -0.39 is 10.0 Å². The molecule has 0 fully saturated rings. The Hall–Kier alpha value is -1.51. The van der Waals surface area contributed by atoms with Gasteiger partial charge in [0.05, 0.1) is 0 Å². The first kappa shape index (κ1) is 14.9. The third kappa shape index (κ3) is 3.33. The Morgan fingerprint density at radius 3 is 2.50 bits per heavy atom. The van der Waals surface area contributed by atoms with E-state index in [1.54, 1.807) is 24.3 Å². The van der Waals surface area contributed by atoms with Gasteiger partial charge in [-0.25, -0.2) is 8.42 Å². The number of anilines is 1. The molecule has 0 aliphatic carbocycles. The molecule has 20 heavy (non-hydrogen) atoms. The fraction of sp³-hybridized carbons (Fsp3) is 0. The first-order chi connectivity index (χ1) is 9.40. The van der Waals surface area contributed by atoms with Crippen molar-refractivity contribution in [3.8, 4) is 0 Å². The van der Waals surface area contributed by atoms with E-state index in [4.69, 9.17) is 18.0 Å². The number of benzene rings is 1. The Morgan fingerprint density at radius 1 is 1.25 bits per heavy atom. The molecule has 104 valence electrons. The number of sulfonamides is 1. The zero-order valence-corrected chi connectivity index (χ0v) is 13.3. The summed E-state index contributed by atoms with van der Waals surface area (Å²) < 4.78 is 28.0. The molecule has 0 saturated heterocycles. The van der Waals surface area contributed by atoms with E-state index in [1.165, 1.54) is 18.3 Å². The van der Waals surface area contributed by atoms with Gasteiger partial charge in [0.15, 0.2) is 0 Å². The van der Waals surface area contributed by atoms with Crippen LogP contribution in [0, 0.1) is 0 Å². The van der Waals surface area contributed by atoms with Gasteiger partial charge in [0.25, 0.3) is 10.0 Å². The second-order valence-corrected chi connectivity index (χ2v) is 6.83. The summed E-state index contributed by atoms with van der Waals surface area (Å²) in [4.78, 5) is 3.79. The van der Waals surface area contributed by atoms with Crippen molar-refractivity contribution < 1.29 is 8.42 Å². The molecule has 3 N–H and O–H groups in total. The topological polar surface area (TPSA) is 85.1 Å². The summed E-state index contributed by atoms with van der Waals surface area (Å²) >= 11 is 8.10. The molecule has 0 bridgehead atoms. The largest absolute Gasteiger partial charge is 0.388 e. The first-order valence-corrected chi connectivity index (χ1v) is 8.12. The molecule has 0 amide bonds. The molecule has 0 radical (unpaired) electrons. The highest BCUT2D eigenvalue weighted by molar-refractivity contribution is 9.10. The van der Waals surface area contributed by atoms with Crippen molar-refractivity contribution in [2.45, 2.75) is 4.90 Å². The van der Waals surface area contributed by atoms with E-state index in [9.17, 15) is 8.42 Å². The van der Waals surface area contributed by atoms with Crippen molar-refractivity contribution in [3.05, 3.63) is 52.8 Å². The molecule has 1 aromatic heterocycles. The summed E-state index contributed by atoms with van der Waals surface area (Å²) in [6.07, 6.45) is 1.44. The SMILES string of the molecule is NC(=S)c1ncccc1S(=O)(=O)Nc1ccc(Br)cc1. The Morgan fingerprint density at radius 2 is 1.90 bits per heavy atom. The number of halogens is 1. The molecule has 0 atom stereocenters. The van der Waals surface area contributed by atoms with Gasteiger partial charge in [0, 0.05) is 16.4 Å². The van der Waals surface area contributed by atoms with E-state index >= 15 is 0 Å². The van der Waals surface area contributed by atoms with Gasteiger partial charge >= 0.3 is 0 Å². The molecule has 2 aromatic rings. The average Bonchev–Trinajstić information content (AvgIpc) is 2.41. The maximum atomic E-state index is 12.3. The zero-order chi connectivity index (χ0) is 14.8. The highest BCUT2D eigenvalue weighted by Gasteiger charge is 2.20. The molecular weight excluding hydrogens is 362 g/mol. The first-order valence-electron chi connectivity index (χ1n) is 5.43. The lowest BCUT2D eigenvalue weighted by molar-refractivity contribution is 0.600. The fourth-order valence-corrected chi connectivity index (χ4v) is 3.24. The van der Waals surface area contributed by atoms with Crippen LogP contribution in [0.5, 0.6) is 0 Å². The number of rotatable bonds is 4. The lowest BCUT2D eigenvalue weighted by Crippen LogP contribution is -2.21. The molecule has 0 unspecified atom stereocenters. The maximum Gasteiger partial charge on any atom is 0.264 e. The Bertz CT molecular complexity index is 746. The van der Waals surface area contributed by atoms with Gasteiger partial charge in [0.1, 0.15) is 15.6 Å². The molecule has 0 aliphatic heterocycles. The predicted molar refractivity (Wildman–Crippen MR) is 85.1 cm³/mol. The molecule has 0 saturated carbocycles. The quantitative estimate of drug-likeness (QED) is 0.805. The summed E-state index contributed by atoms with van der Waals surface area (Å²) in [5, 5.41) is 0. The Balaban J connectivity index is 2.41. The van der Waals surface area contributed by atoms with Gasteiger partial charge in [-0.15, -0.1) is 0 Å². The summed E-state index contributed by atoms with van der Waals surface area (Å²) in [6, 6.07) is 9.66. The molecule has 1 heterocycles. The van der Waals surface area contributed by atoms with Crippen LogP contribution in [0.1, 0.15) is 5.69 Å². The maximum absolute atomic E-state index is 12.3. The van der Waals surface area contributed by atoms with Crippen LogP contribution in [0.4, 0.5) is 5.69 Å². The molecule has 1 aromatic carbocycles. The van der Waals surface area contributed by atoms with Crippen LogP contribution < -0.4 is 10.5 Å². The lowest BCUT2D eigenvalue weighted by Gasteiger charge is -2.10. The second-order valence-electron chi connectivity index (χ2n) is 3.83. The predicted octanol–water partition coefficient (Wildman–Crippen LogP) is 2.28. The normalized spacial score (nSPS) is 11.1. The fourth-order valence-electron chi connectivity index (χ4n) is 1.52. The van der Waals surface area contributed by atoms with E-state index in [0.29, 0.717) is 5.69 Å². The van der Waals surface area contributed by atoms with Crippen molar-refractivity contribution >= 4 is 48.8 Å². The molecule has 0 aliphatic rings. The van der Waals surface area contributed by atoms with Crippen molar-refractivity contribution in [1.82, 2.24) is 4.98 Å². The van der Waals surface area contributed by atoms with E-state index in [0.717, 1.165) is 4.47 Å². The molecule has 0 spiro atoms. The van der Waals surface area contributed by atoms with Gasteiger partial charge < -0.3 is 5.73 Å². The Kier molecular flexibility index (Phi) is 4.36. The number of nitrogens with two attached hydrogens (primary N) is 1. The van der Waals surface area contributed by atoms with Crippen LogP contribution in [0.3, 0.4) is 0 Å². The monoisotopic (exact) mass is 371 g/mol. The van der Waals surface area contributed by atoms with Crippen LogP contribution in [0.15, 0.2) is 52.0 Å². The minimum atomic E-state index is -3.80. The highest BCUT2D eigenvalue weighted by Crippen LogP contribution is 2.20. The van der Waals surface area contributed by atoms with Crippen molar-refractivity contribution in [1.29, 1.82) is 0 Å². The number of pyridine rings is 1. The number of aromatic nitrogens is 1. The highest BCUT2D eigenvalue weighted by atomic mass is 79.9. The van der Waals surface area contributed by atoms with Gasteiger partial charge in [-0.3, -0.25) is 9.71 Å². The van der Waals surface area contributed by atoms with Gasteiger partial charge in [-0.05, 0) is 36.4 Å². The van der Waals surface area contributed by atoms with Gasteiger partial charge in [-0.2, -0.15) is 0 Å². The molecule has 8 heteroatoms. The van der Waals surface area contributed by atoms with Gasteiger partial charge in [0.2, 0.25) is 0 Å². The number of thiocarbonyl (C=S) groups is 1. The summed E-state index contributed by atoms with van der Waals surface area (Å²) in [5.41, 5.74) is 6.01. The number of hydrogen-bond acceptors (Lipinski definition) is 4. The van der Waals surface area contributed by atoms with Crippen molar-refractivity contribution in [2.75, 3.05) is 4.72 Å². The van der Waals surface area contributed by atoms with Crippen molar-refractivity contribution in [2.24, 2.45) is 5.73 Å². The van der Waals surface area contributed by atoms with Crippen LogP contribution >= 0.6 is 28.1 Å². The second kappa shape index (κ2) is 5.86. The zero-order valence-electron chi connectivity index (χ0n) is 10.1. The number of nitrogens with one attached hydrogen (secondary N) is 1. The molecule has 5 nitrogen and oxygen atoms in total. The number of hydrogen-bond donors (Lipinski definition) is 2.